The van der Waals surface area contributed by atoms with Crippen LogP contribution in [0.1, 0.15) is 59.3 Å². The highest BCUT2D eigenvalue weighted by molar-refractivity contribution is 6.35. The number of nitrogens with one attached hydrogen (secondary N) is 1. The fourth-order valence-electron chi connectivity index (χ4n) is 3.38. The Morgan fingerprint density at radius 2 is 2.09 bits per heavy atom. The molecule has 1 fully saturated rings. The number of carbonyl (C=O) groups is 1. The number of alkyl halides is 1. The van der Waals surface area contributed by atoms with Crippen LogP contribution >= 0.6 is 23.2 Å². The molecule has 0 aliphatic heterocycles. The first-order chi connectivity index (χ1) is 16.4. The molecule has 1 unspecified atom stereocenters. The second kappa shape index (κ2) is 10.4. The average molecular weight is 501 g/mol. The molecule has 1 aromatic heterocycles. The van der Waals surface area contributed by atoms with Crippen molar-refractivity contribution in [2.75, 3.05) is 6.54 Å². The zero-order valence-corrected chi connectivity index (χ0v) is 19.9. The normalized spacial score (nSPS) is 14.5. The van der Waals surface area contributed by atoms with Gasteiger partial charge in [-0.15, -0.1) is 0 Å². The Kier molecular flexibility index (Phi) is 7.34. The van der Waals surface area contributed by atoms with Crippen LogP contribution in [-0.2, 0) is 0 Å². The quantitative estimate of drug-likeness (QED) is 0.383. The largest absolute Gasteiger partial charge is 0.453 e. The molecule has 0 spiro atoms. The number of halogens is 3. The molecule has 176 valence electrons. The van der Waals surface area contributed by atoms with Crippen molar-refractivity contribution in [3.05, 3.63) is 87.6 Å². The molecule has 6 nitrogen and oxygen atoms in total. The second-order valence-corrected chi connectivity index (χ2v) is 8.89. The Labute approximate surface area is 207 Å². The molecule has 0 bridgehead atoms. The Morgan fingerprint density at radius 1 is 1.29 bits per heavy atom. The van der Waals surface area contributed by atoms with Crippen molar-refractivity contribution < 1.29 is 13.9 Å². The monoisotopic (exact) mass is 500 g/mol. The Hall–Kier alpha value is -3.16. The average Bonchev–Trinajstić information content (AvgIpc) is 3.68. The minimum Gasteiger partial charge on any atom is -0.453 e. The van der Waals surface area contributed by atoms with Crippen LogP contribution in [-0.4, -0.2) is 22.4 Å². The highest BCUT2D eigenvalue weighted by Crippen LogP contribution is 2.41. The standard InChI is InChI=1S/C25H23Cl2FN4O2/c1-14(11-29)24-30-13-22(34-18-4-2-3-16(9-18)15-5-6-15)23(32-24)25(33)31-12-21(28)19-8-7-17(26)10-20(19)27/h2-4,7-11,13,15,21H,5-6,12,29H2,1H3,(H,31,33)/b14-11-. The van der Waals surface area contributed by atoms with Gasteiger partial charge in [-0.1, -0.05) is 41.4 Å². The molecule has 4 rings (SSSR count). The van der Waals surface area contributed by atoms with Crippen LogP contribution in [0, 0.1) is 0 Å². The molecule has 1 atom stereocenters. The SMILES string of the molecule is C/C(=C/N)c1ncc(Oc2cccc(C3CC3)c2)c(C(=O)NCC(F)c2ccc(Cl)cc2Cl)n1. The fourth-order valence-corrected chi connectivity index (χ4v) is 3.91. The zero-order valence-electron chi connectivity index (χ0n) is 18.4. The second-order valence-electron chi connectivity index (χ2n) is 8.05. The molecule has 1 saturated carbocycles. The van der Waals surface area contributed by atoms with E-state index in [1.807, 2.05) is 12.1 Å². The molecule has 9 heteroatoms. The molecule has 1 amide bonds. The number of hydrogen-bond acceptors (Lipinski definition) is 5. The predicted octanol–water partition coefficient (Wildman–Crippen LogP) is 6.21. The molecule has 0 saturated heterocycles. The van der Waals surface area contributed by atoms with Crippen LogP contribution in [0.4, 0.5) is 4.39 Å². The van der Waals surface area contributed by atoms with Gasteiger partial charge in [0.1, 0.15) is 11.9 Å². The van der Waals surface area contributed by atoms with Crippen molar-refractivity contribution in [1.29, 1.82) is 0 Å². The summed E-state index contributed by atoms with van der Waals surface area (Å²) >= 11 is 12.0. The van der Waals surface area contributed by atoms with Gasteiger partial charge >= 0.3 is 0 Å². The number of nitrogens with two attached hydrogens (primary N) is 1. The molecule has 34 heavy (non-hydrogen) atoms. The van der Waals surface area contributed by atoms with E-state index in [0.29, 0.717) is 22.3 Å². The number of aromatic nitrogens is 2. The maximum atomic E-state index is 14.8. The first-order valence-corrected chi connectivity index (χ1v) is 11.5. The van der Waals surface area contributed by atoms with E-state index in [0.717, 1.165) is 12.8 Å². The van der Waals surface area contributed by atoms with E-state index in [9.17, 15) is 9.18 Å². The van der Waals surface area contributed by atoms with E-state index < -0.39 is 12.1 Å². The van der Waals surface area contributed by atoms with E-state index >= 15 is 0 Å². The van der Waals surface area contributed by atoms with Crippen LogP contribution in [0.25, 0.3) is 5.57 Å². The molecule has 1 heterocycles. The topological polar surface area (TPSA) is 90.1 Å². The van der Waals surface area contributed by atoms with Crippen molar-refractivity contribution in [2.24, 2.45) is 5.73 Å². The van der Waals surface area contributed by atoms with Gasteiger partial charge in [0.05, 0.1) is 12.7 Å². The van der Waals surface area contributed by atoms with Crippen molar-refractivity contribution >= 4 is 34.7 Å². The van der Waals surface area contributed by atoms with Gasteiger partial charge < -0.3 is 15.8 Å². The van der Waals surface area contributed by atoms with E-state index in [1.54, 1.807) is 13.0 Å². The summed E-state index contributed by atoms with van der Waals surface area (Å²) in [6.07, 6.45) is 3.53. The van der Waals surface area contributed by atoms with Crippen molar-refractivity contribution in [3.8, 4) is 11.5 Å². The summed E-state index contributed by atoms with van der Waals surface area (Å²) in [4.78, 5) is 21.6. The minimum absolute atomic E-state index is 0.0302. The summed E-state index contributed by atoms with van der Waals surface area (Å²) in [5, 5.41) is 3.14. The number of nitrogens with zero attached hydrogens (tertiary/aromatic N) is 2. The van der Waals surface area contributed by atoms with E-state index in [4.69, 9.17) is 33.7 Å². The number of hydrogen-bond donors (Lipinski definition) is 2. The summed E-state index contributed by atoms with van der Waals surface area (Å²) < 4.78 is 20.8. The molecule has 3 N–H and O–H groups in total. The third kappa shape index (κ3) is 5.66. The third-order valence-corrected chi connectivity index (χ3v) is 6.01. The summed E-state index contributed by atoms with van der Waals surface area (Å²) in [6.45, 7) is 1.40. The van der Waals surface area contributed by atoms with Gasteiger partial charge in [-0.25, -0.2) is 14.4 Å². The molecule has 1 aliphatic carbocycles. The van der Waals surface area contributed by atoms with Crippen LogP contribution in [0.3, 0.4) is 0 Å². The van der Waals surface area contributed by atoms with E-state index in [-0.39, 0.29) is 34.4 Å². The number of carbonyl (C=O) groups excluding carboxylic acids is 1. The van der Waals surface area contributed by atoms with Crippen LogP contribution in [0.2, 0.25) is 10.0 Å². The number of allylic oxidation sites excluding steroid dienone is 1. The van der Waals surface area contributed by atoms with Crippen LogP contribution in [0.5, 0.6) is 11.5 Å². The first kappa shape index (κ1) is 24.0. The van der Waals surface area contributed by atoms with Gasteiger partial charge in [0, 0.05) is 27.4 Å². The van der Waals surface area contributed by atoms with Crippen LogP contribution in [0.15, 0.2) is 54.9 Å². The van der Waals surface area contributed by atoms with Gasteiger partial charge in [0.2, 0.25) is 0 Å². The van der Waals surface area contributed by atoms with Crippen molar-refractivity contribution in [2.45, 2.75) is 31.9 Å². The maximum Gasteiger partial charge on any atom is 0.274 e. The number of ether oxygens (including phenoxy) is 1. The lowest BCUT2D eigenvalue weighted by Gasteiger charge is -2.14. The van der Waals surface area contributed by atoms with Crippen LogP contribution < -0.4 is 15.8 Å². The zero-order chi connectivity index (χ0) is 24.2. The van der Waals surface area contributed by atoms with E-state index in [1.165, 1.54) is 36.2 Å². The predicted molar refractivity (Wildman–Crippen MR) is 131 cm³/mol. The molecular formula is C25H23Cl2FN4O2. The van der Waals surface area contributed by atoms with Crippen molar-refractivity contribution in [3.63, 3.8) is 0 Å². The molecule has 1 aliphatic rings. The fraction of sp³-hybridized carbons (Fsp3) is 0.240. The number of benzene rings is 2. The third-order valence-electron chi connectivity index (χ3n) is 5.45. The summed E-state index contributed by atoms with van der Waals surface area (Å²) in [5.41, 5.74) is 7.54. The highest BCUT2D eigenvalue weighted by Gasteiger charge is 2.24. The lowest BCUT2D eigenvalue weighted by molar-refractivity contribution is 0.0934. The van der Waals surface area contributed by atoms with Gasteiger partial charge in [-0.2, -0.15) is 0 Å². The summed E-state index contributed by atoms with van der Waals surface area (Å²) in [7, 11) is 0. The first-order valence-electron chi connectivity index (χ1n) is 10.8. The lowest BCUT2D eigenvalue weighted by Crippen LogP contribution is -2.28. The van der Waals surface area contributed by atoms with E-state index in [2.05, 4.69) is 21.4 Å². The van der Waals surface area contributed by atoms with Gasteiger partial charge in [-0.3, -0.25) is 4.79 Å². The van der Waals surface area contributed by atoms with Gasteiger partial charge in [0.25, 0.3) is 5.91 Å². The van der Waals surface area contributed by atoms with Gasteiger partial charge in [0.15, 0.2) is 17.3 Å². The minimum atomic E-state index is -1.54. The van der Waals surface area contributed by atoms with Gasteiger partial charge in [-0.05, 0) is 55.5 Å². The Morgan fingerprint density at radius 3 is 2.79 bits per heavy atom. The molecular weight excluding hydrogens is 478 g/mol. The Bertz CT molecular complexity index is 1250. The number of rotatable bonds is 8. The lowest BCUT2D eigenvalue weighted by atomic mass is 10.1. The molecule has 0 radical (unpaired) electrons. The maximum absolute atomic E-state index is 14.8. The Balaban J connectivity index is 1.56. The summed E-state index contributed by atoms with van der Waals surface area (Å²) in [5.74, 6) is 0.915. The molecule has 3 aromatic rings. The van der Waals surface area contributed by atoms with Crippen molar-refractivity contribution in [1.82, 2.24) is 15.3 Å². The highest BCUT2D eigenvalue weighted by atomic mass is 35.5. The number of amides is 1. The summed E-state index contributed by atoms with van der Waals surface area (Å²) in [6, 6.07) is 12.2. The smallest absolute Gasteiger partial charge is 0.274 e. The molecule has 2 aromatic carbocycles.